The van der Waals surface area contributed by atoms with Gasteiger partial charge in [-0.3, -0.25) is 19.7 Å². The number of fused-ring (bicyclic) bond motifs is 1. The molecule has 2 heterocycles. The average Bonchev–Trinajstić information content (AvgIpc) is 3.03. The third-order valence-corrected chi connectivity index (χ3v) is 6.36. The Morgan fingerprint density at radius 3 is 2.57 bits per heavy atom. The lowest BCUT2D eigenvalue weighted by molar-refractivity contribution is -0.118. The summed E-state index contributed by atoms with van der Waals surface area (Å²) in [7, 11) is 0. The number of rotatable bonds is 6. The minimum Gasteiger partial charge on any atom is -0.492 e. The molecular formula is C20H16Cl2N2O5S. The molecule has 1 saturated heterocycles. The second-order valence-electron chi connectivity index (χ2n) is 6.68. The molecule has 156 valence electrons. The summed E-state index contributed by atoms with van der Waals surface area (Å²) in [5.41, 5.74) is 1.30. The van der Waals surface area contributed by atoms with Crippen molar-refractivity contribution in [3.05, 3.63) is 57.6 Å². The van der Waals surface area contributed by atoms with Crippen LogP contribution in [-0.4, -0.2) is 47.1 Å². The highest BCUT2D eigenvalue weighted by molar-refractivity contribution is 8.15. The van der Waals surface area contributed by atoms with Crippen molar-refractivity contribution in [3.63, 3.8) is 0 Å². The van der Waals surface area contributed by atoms with E-state index in [9.17, 15) is 14.4 Å². The summed E-state index contributed by atoms with van der Waals surface area (Å²) in [4.78, 5) is 37.0. The van der Waals surface area contributed by atoms with Crippen LogP contribution in [0.1, 0.15) is 15.9 Å². The highest BCUT2D eigenvalue weighted by Crippen LogP contribution is 2.33. The molecule has 2 aromatic rings. The molecular weight excluding hydrogens is 451 g/mol. The van der Waals surface area contributed by atoms with Crippen molar-refractivity contribution in [2.24, 2.45) is 0 Å². The van der Waals surface area contributed by atoms with Gasteiger partial charge in [-0.1, -0.05) is 47.1 Å². The van der Waals surface area contributed by atoms with Gasteiger partial charge < -0.3 is 14.4 Å². The number of benzene rings is 2. The molecule has 1 atom stereocenters. The molecule has 1 fully saturated rings. The Hall–Kier alpha value is -2.42. The number of imide groups is 1. The molecule has 4 rings (SSSR count). The summed E-state index contributed by atoms with van der Waals surface area (Å²) in [5.74, 6) is 0.594. The third-order valence-electron chi connectivity index (χ3n) is 4.66. The zero-order valence-corrected chi connectivity index (χ0v) is 17.9. The summed E-state index contributed by atoms with van der Waals surface area (Å²) in [6.45, 7) is 0.716. The smallest absolute Gasteiger partial charge is 0.286 e. The van der Waals surface area contributed by atoms with Crippen LogP contribution in [0.3, 0.4) is 0 Å². The van der Waals surface area contributed by atoms with Crippen LogP contribution in [0.2, 0.25) is 10.0 Å². The van der Waals surface area contributed by atoms with Crippen LogP contribution in [0, 0.1) is 0 Å². The number of thioether (sulfide) groups is 1. The van der Waals surface area contributed by atoms with Crippen LogP contribution in [-0.2, 0) is 11.2 Å². The number of hydrogen-bond acceptors (Lipinski definition) is 6. The third kappa shape index (κ3) is 4.50. The molecule has 2 aliphatic heterocycles. The molecule has 1 N–H and O–H groups in total. The Morgan fingerprint density at radius 1 is 1.13 bits per heavy atom. The largest absolute Gasteiger partial charge is 0.492 e. The SMILES string of the molecule is O=C1NC(=O)C(Cc2ccc(OCCN3COc4cc(Cl)c(Cl)cc4C3=O)cc2)S1. The van der Waals surface area contributed by atoms with Crippen molar-refractivity contribution in [1.29, 1.82) is 0 Å². The molecule has 0 aromatic heterocycles. The molecule has 7 nitrogen and oxygen atoms in total. The maximum absolute atomic E-state index is 12.6. The second kappa shape index (κ2) is 8.75. The molecule has 2 aliphatic rings. The van der Waals surface area contributed by atoms with E-state index in [1.54, 1.807) is 12.1 Å². The number of hydrogen-bond donors (Lipinski definition) is 1. The summed E-state index contributed by atoms with van der Waals surface area (Å²) in [6, 6.07) is 10.3. The maximum atomic E-state index is 12.6. The minimum atomic E-state index is -0.402. The van der Waals surface area contributed by atoms with Gasteiger partial charge in [-0.25, -0.2) is 0 Å². The van der Waals surface area contributed by atoms with Gasteiger partial charge in [0.2, 0.25) is 5.91 Å². The van der Waals surface area contributed by atoms with Crippen LogP contribution in [0.5, 0.6) is 11.5 Å². The molecule has 0 bridgehead atoms. The van der Waals surface area contributed by atoms with Crippen molar-refractivity contribution in [2.75, 3.05) is 19.9 Å². The average molecular weight is 467 g/mol. The molecule has 0 spiro atoms. The van der Waals surface area contributed by atoms with E-state index in [2.05, 4.69) is 5.32 Å². The summed E-state index contributed by atoms with van der Waals surface area (Å²) < 4.78 is 11.3. The van der Waals surface area contributed by atoms with Gasteiger partial charge in [0.25, 0.3) is 11.1 Å². The van der Waals surface area contributed by atoms with E-state index in [1.807, 2.05) is 12.1 Å². The predicted octanol–water partition coefficient (Wildman–Crippen LogP) is 3.76. The molecule has 3 amide bonds. The first-order valence-corrected chi connectivity index (χ1v) is 10.7. The normalized spacial score (nSPS) is 18.1. The lowest BCUT2D eigenvalue weighted by atomic mass is 10.1. The second-order valence-corrected chi connectivity index (χ2v) is 8.67. The Bertz CT molecular complexity index is 1020. The maximum Gasteiger partial charge on any atom is 0.286 e. The van der Waals surface area contributed by atoms with Gasteiger partial charge in [-0.15, -0.1) is 0 Å². The predicted molar refractivity (Wildman–Crippen MR) is 114 cm³/mol. The molecule has 10 heteroatoms. The Balaban J connectivity index is 1.29. The fourth-order valence-electron chi connectivity index (χ4n) is 3.09. The summed E-state index contributed by atoms with van der Waals surface area (Å²) in [6.07, 6.45) is 0.466. The molecule has 0 aliphatic carbocycles. The van der Waals surface area contributed by atoms with E-state index in [0.717, 1.165) is 17.3 Å². The first-order valence-electron chi connectivity index (χ1n) is 9.05. The topological polar surface area (TPSA) is 84.9 Å². The first kappa shape index (κ1) is 20.8. The number of carbonyl (C=O) groups is 3. The van der Waals surface area contributed by atoms with Crippen LogP contribution < -0.4 is 14.8 Å². The Morgan fingerprint density at radius 2 is 1.87 bits per heavy atom. The van der Waals surface area contributed by atoms with Gasteiger partial charge in [0.05, 0.1) is 27.4 Å². The Labute approximate surface area is 186 Å². The van der Waals surface area contributed by atoms with Crippen LogP contribution in [0.4, 0.5) is 4.79 Å². The number of nitrogens with zero attached hydrogens (tertiary/aromatic N) is 1. The van der Waals surface area contributed by atoms with Crippen molar-refractivity contribution in [1.82, 2.24) is 10.2 Å². The molecule has 30 heavy (non-hydrogen) atoms. The molecule has 0 saturated carbocycles. The summed E-state index contributed by atoms with van der Waals surface area (Å²) >= 11 is 13.0. The fraction of sp³-hybridized carbons (Fsp3) is 0.250. The number of nitrogens with one attached hydrogen (secondary N) is 1. The van der Waals surface area contributed by atoms with E-state index in [1.165, 1.54) is 17.0 Å². The number of amides is 3. The monoisotopic (exact) mass is 466 g/mol. The van der Waals surface area contributed by atoms with Crippen LogP contribution in [0.25, 0.3) is 0 Å². The van der Waals surface area contributed by atoms with Crippen molar-refractivity contribution < 1.29 is 23.9 Å². The Kier molecular flexibility index (Phi) is 6.08. The van der Waals surface area contributed by atoms with Crippen molar-refractivity contribution in [2.45, 2.75) is 11.7 Å². The lowest BCUT2D eigenvalue weighted by Crippen LogP contribution is -2.41. The van der Waals surface area contributed by atoms with Gasteiger partial charge in [-0.2, -0.15) is 0 Å². The van der Waals surface area contributed by atoms with Gasteiger partial charge in [0.15, 0.2) is 6.73 Å². The number of ether oxygens (including phenoxy) is 2. The highest BCUT2D eigenvalue weighted by Gasteiger charge is 2.31. The van der Waals surface area contributed by atoms with E-state index in [4.69, 9.17) is 32.7 Å². The minimum absolute atomic E-state index is 0.103. The standard InChI is InChI=1S/C20H16Cl2N2O5S/c21-14-8-13-16(9-15(14)22)29-10-24(19(13)26)5-6-28-12-3-1-11(2-4-12)7-17-18(25)23-20(27)30-17/h1-4,8-9,17H,5-7,10H2,(H,23,25,27). The van der Waals surface area contributed by atoms with E-state index < -0.39 is 5.25 Å². The van der Waals surface area contributed by atoms with Gasteiger partial charge >= 0.3 is 0 Å². The van der Waals surface area contributed by atoms with Gasteiger partial charge in [-0.05, 0) is 30.2 Å². The molecule has 1 unspecified atom stereocenters. The zero-order valence-electron chi connectivity index (χ0n) is 15.5. The van der Waals surface area contributed by atoms with E-state index in [0.29, 0.717) is 40.1 Å². The quantitative estimate of drug-likeness (QED) is 0.697. The van der Waals surface area contributed by atoms with Crippen molar-refractivity contribution in [3.8, 4) is 11.5 Å². The number of halogens is 2. The van der Waals surface area contributed by atoms with Crippen molar-refractivity contribution >= 4 is 52.0 Å². The van der Waals surface area contributed by atoms with Crippen LogP contribution in [0.15, 0.2) is 36.4 Å². The summed E-state index contributed by atoms with van der Waals surface area (Å²) in [5, 5.41) is 2.19. The highest BCUT2D eigenvalue weighted by atomic mass is 35.5. The lowest BCUT2D eigenvalue weighted by Gasteiger charge is -2.29. The fourth-order valence-corrected chi connectivity index (χ4v) is 4.27. The van der Waals surface area contributed by atoms with Gasteiger partial charge in [0, 0.05) is 6.07 Å². The molecule has 0 radical (unpaired) electrons. The van der Waals surface area contributed by atoms with Crippen LogP contribution >= 0.6 is 35.0 Å². The first-order chi connectivity index (χ1) is 14.4. The number of carbonyl (C=O) groups excluding carboxylic acids is 3. The zero-order chi connectivity index (χ0) is 21.3. The van der Waals surface area contributed by atoms with E-state index in [-0.39, 0.29) is 30.4 Å². The van der Waals surface area contributed by atoms with E-state index >= 15 is 0 Å². The van der Waals surface area contributed by atoms with Gasteiger partial charge in [0.1, 0.15) is 18.1 Å². The molecule has 2 aromatic carbocycles.